The van der Waals surface area contributed by atoms with Crippen LogP contribution in [0, 0.1) is 0 Å². The maximum atomic E-state index is 12.5. The molecule has 0 aliphatic heterocycles. The van der Waals surface area contributed by atoms with Gasteiger partial charge < -0.3 is 36.9 Å². The minimum absolute atomic E-state index is 0.0197. The molecule has 0 fully saturated rings. The first-order valence-electron chi connectivity index (χ1n) is 7.71. The number of nitrogens with zero attached hydrogens (tertiary/aromatic N) is 1. The highest BCUT2D eigenvalue weighted by atomic mass is 16.4. The zero-order valence-electron chi connectivity index (χ0n) is 14.1. The monoisotopic (exact) mass is 384 g/mol. The third kappa shape index (κ3) is 7.96. The Bertz CT molecular complexity index is 690. The number of H-pyrrole nitrogens is 1. The summed E-state index contributed by atoms with van der Waals surface area (Å²) in [6, 6.07) is -2.70. The minimum atomic E-state index is -1.53. The van der Waals surface area contributed by atoms with Crippen LogP contribution in [0.4, 0.5) is 0 Å². The van der Waals surface area contributed by atoms with E-state index in [-0.39, 0.29) is 13.0 Å². The summed E-state index contributed by atoms with van der Waals surface area (Å²) < 4.78 is 0. The molecule has 0 spiro atoms. The fourth-order valence-corrected chi connectivity index (χ4v) is 2.02. The van der Waals surface area contributed by atoms with Crippen molar-refractivity contribution in [2.24, 2.45) is 5.73 Å². The summed E-state index contributed by atoms with van der Waals surface area (Å²) in [5.41, 5.74) is 5.71. The van der Waals surface area contributed by atoms with Gasteiger partial charge in [0.1, 0.15) is 18.6 Å². The van der Waals surface area contributed by atoms with Crippen LogP contribution in [-0.4, -0.2) is 75.0 Å². The lowest BCUT2D eigenvalue weighted by Crippen LogP contribution is -2.55. The van der Waals surface area contributed by atoms with Crippen molar-refractivity contribution in [3.05, 3.63) is 18.2 Å². The maximum Gasteiger partial charge on any atom is 0.322 e. The van der Waals surface area contributed by atoms with Crippen molar-refractivity contribution in [3.63, 3.8) is 0 Å². The summed E-state index contributed by atoms with van der Waals surface area (Å²) >= 11 is 0. The first kappa shape index (κ1) is 21.6. The molecule has 1 rings (SSSR count). The Morgan fingerprint density at radius 1 is 1.07 bits per heavy atom. The molecule has 0 saturated carbocycles. The van der Waals surface area contributed by atoms with Crippen LogP contribution in [0.25, 0.3) is 0 Å². The third-order valence-corrected chi connectivity index (χ3v) is 3.24. The van der Waals surface area contributed by atoms with Crippen molar-refractivity contribution in [1.29, 1.82) is 0 Å². The smallest absolute Gasteiger partial charge is 0.322 e. The zero-order valence-corrected chi connectivity index (χ0v) is 14.1. The number of aromatic amines is 1. The van der Waals surface area contributed by atoms with E-state index in [0.717, 1.165) is 0 Å². The second-order valence-electron chi connectivity index (χ2n) is 5.38. The minimum Gasteiger partial charge on any atom is -0.481 e. The topological polar surface area (TPSA) is 217 Å². The first-order valence-corrected chi connectivity index (χ1v) is 7.71. The molecule has 3 amide bonds. The number of carbonyl (C=O) groups is 5. The van der Waals surface area contributed by atoms with Gasteiger partial charge in [0.15, 0.2) is 0 Å². The van der Waals surface area contributed by atoms with Crippen LogP contribution in [0.15, 0.2) is 12.5 Å². The average Bonchev–Trinajstić information content (AvgIpc) is 3.10. The molecular weight excluding hydrogens is 364 g/mol. The number of aliphatic carboxylic acids is 2. The summed E-state index contributed by atoms with van der Waals surface area (Å²) in [5.74, 6) is -5.19. The van der Waals surface area contributed by atoms with Gasteiger partial charge in [0.05, 0.1) is 19.3 Å². The van der Waals surface area contributed by atoms with E-state index in [4.69, 9.17) is 15.9 Å². The molecular formula is C14H20N6O7. The van der Waals surface area contributed by atoms with E-state index in [2.05, 4.69) is 20.6 Å². The molecule has 27 heavy (non-hydrogen) atoms. The molecule has 0 saturated heterocycles. The van der Waals surface area contributed by atoms with Crippen molar-refractivity contribution < 1.29 is 34.2 Å². The molecule has 13 nitrogen and oxygen atoms in total. The van der Waals surface area contributed by atoms with Crippen LogP contribution < -0.4 is 21.7 Å². The molecule has 1 aromatic rings. The summed E-state index contributed by atoms with van der Waals surface area (Å²) in [6.45, 7) is -1.13. The number of amides is 3. The van der Waals surface area contributed by atoms with Crippen LogP contribution in [0.2, 0.25) is 0 Å². The van der Waals surface area contributed by atoms with Gasteiger partial charge >= 0.3 is 11.9 Å². The summed E-state index contributed by atoms with van der Waals surface area (Å²) in [5, 5.41) is 24.0. The Hall–Kier alpha value is -3.48. The van der Waals surface area contributed by atoms with Gasteiger partial charge in [0.25, 0.3) is 0 Å². The van der Waals surface area contributed by atoms with Gasteiger partial charge in [-0.1, -0.05) is 0 Å². The van der Waals surface area contributed by atoms with E-state index >= 15 is 0 Å². The molecule has 0 aromatic carbocycles. The summed E-state index contributed by atoms with van der Waals surface area (Å²) in [4.78, 5) is 64.0. The average molecular weight is 384 g/mol. The van der Waals surface area contributed by atoms with E-state index in [1.54, 1.807) is 0 Å². The molecule has 1 aromatic heterocycles. The molecule has 0 radical (unpaired) electrons. The lowest BCUT2D eigenvalue weighted by molar-refractivity contribution is -0.141. The van der Waals surface area contributed by atoms with E-state index in [1.807, 2.05) is 5.32 Å². The number of carboxylic acid groups (broad SMARTS) is 2. The van der Waals surface area contributed by atoms with Crippen LogP contribution in [0.1, 0.15) is 12.1 Å². The number of hydrogen-bond donors (Lipinski definition) is 7. The van der Waals surface area contributed by atoms with E-state index < -0.39 is 54.7 Å². The SMILES string of the molecule is NCC(=O)NC(Cc1cnc[nH]1)C(=O)NC(CC(=O)O)C(=O)NCC(=O)O. The lowest BCUT2D eigenvalue weighted by atomic mass is 10.1. The van der Waals surface area contributed by atoms with Gasteiger partial charge in [0, 0.05) is 18.3 Å². The highest BCUT2D eigenvalue weighted by Crippen LogP contribution is 2.01. The van der Waals surface area contributed by atoms with Crippen molar-refractivity contribution in [3.8, 4) is 0 Å². The molecule has 1 heterocycles. The molecule has 2 unspecified atom stereocenters. The Labute approximate surface area is 152 Å². The van der Waals surface area contributed by atoms with E-state index in [1.165, 1.54) is 12.5 Å². The van der Waals surface area contributed by atoms with Crippen molar-refractivity contribution in [1.82, 2.24) is 25.9 Å². The normalized spacial score (nSPS) is 12.5. The number of aromatic nitrogens is 2. The van der Waals surface area contributed by atoms with Crippen LogP contribution in [0.5, 0.6) is 0 Å². The van der Waals surface area contributed by atoms with Gasteiger partial charge in [-0.25, -0.2) is 4.98 Å². The summed E-state index contributed by atoms with van der Waals surface area (Å²) in [6.07, 6.45) is 1.98. The third-order valence-electron chi connectivity index (χ3n) is 3.24. The van der Waals surface area contributed by atoms with Gasteiger partial charge in [0.2, 0.25) is 17.7 Å². The highest BCUT2D eigenvalue weighted by molar-refractivity contribution is 5.94. The van der Waals surface area contributed by atoms with Crippen LogP contribution in [-0.2, 0) is 30.4 Å². The second-order valence-corrected chi connectivity index (χ2v) is 5.38. The predicted molar refractivity (Wildman–Crippen MR) is 88.1 cm³/mol. The molecule has 8 N–H and O–H groups in total. The van der Waals surface area contributed by atoms with Gasteiger partial charge in [-0.05, 0) is 0 Å². The number of imidazole rings is 1. The largest absolute Gasteiger partial charge is 0.481 e. The first-order chi connectivity index (χ1) is 12.7. The molecule has 0 bridgehead atoms. The Balaban J connectivity index is 2.87. The molecule has 13 heteroatoms. The van der Waals surface area contributed by atoms with Crippen molar-refractivity contribution >= 4 is 29.7 Å². The number of nitrogens with one attached hydrogen (secondary N) is 4. The quantitative estimate of drug-likeness (QED) is 0.201. The number of carbonyl (C=O) groups excluding carboxylic acids is 3. The molecule has 2 atom stereocenters. The fraction of sp³-hybridized carbons (Fsp3) is 0.429. The molecule has 0 aliphatic carbocycles. The zero-order chi connectivity index (χ0) is 20.4. The number of carboxylic acids is 2. The van der Waals surface area contributed by atoms with Gasteiger partial charge in [-0.2, -0.15) is 0 Å². The number of nitrogens with two attached hydrogens (primary N) is 1. The Morgan fingerprint density at radius 2 is 1.78 bits per heavy atom. The van der Waals surface area contributed by atoms with Crippen molar-refractivity contribution in [2.75, 3.05) is 13.1 Å². The number of rotatable bonds is 11. The van der Waals surface area contributed by atoms with Gasteiger partial charge in [-0.15, -0.1) is 0 Å². The Morgan fingerprint density at radius 3 is 2.30 bits per heavy atom. The van der Waals surface area contributed by atoms with Crippen molar-refractivity contribution in [2.45, 2.75) is 24.9 Å². The summed E-state index contributed by atoms with van der Waals surface area (Å²) in [7, 11) is 0. The second kappa shape index (κ2) is 10.5. The maximum absolute atomic E-state index is 12.5. The highest BCUT2D eigenvalue weighted by Gasteiger charge is 2.28. The predicted octanol–water partition coefficient (Wildman–Crippen LogP) is -3.44. The standard InChI is InChI=1S/C14H20N6O7/c15-3-10(21)19-8(1-7-4-16-6-18-7)14(27)20-9(2-11(22)23)13(26)17-5-12(24)25/h4,6,8-9H,1-3,5,15H2,(H,16,18)(H,17,26)(H,19,21)(H,20,27)(H,22,23)(H,24,25). The van der Waals surface area contributed by atoms with E-state index in [9.17, 15) is 24.0 Å². The van der Waals surface area contributed by atoms with Gasteiger partial charge in [-0.3, -0.25) is 24.0 Å². The van der Waals surface area contributed by atoms with Crippen LogP contribution in [0.3, 0.4) is 0 Å². The van der Waals surface area contributed by atoms with Crippen LogP contribution >= 0.6 is 0 Å². The Kier molecular flexibility index (Phi) is 8.38. The molecule has 148 valence electrons. The number of hydrogen-bond acceptors (Lipinski definition) is 7. The molecule has 0 aliphatic rings. The van der Waals surface area contributed by atoms with E-state index in [0.29, 0.717) is 5.69 Å². The lowest BCUT2D eigenvalue weighted by Gasteiger charge is -2.21. The fourth-order valence-electron chi connectivity index (χ4n) is 2.02.